The number of hydrogen-bond acceptors (Lipinski definition) is 7. The lowest BCUT2D eigenvalue weighted by Crippen LogP contribution is -2.17. The van der Waals surface area contributed by atoms with Gasteiger partial charge in [-0.25, -0.2) is 0 Å². The highest BCUT2D eigenvalue weighted by atomic mass is 32.2. The number of rotatable bonds is 7. The summed E-state index contributed by atoms with van der Waals surface area (Å²) in [7, 11) is 0. The average Bonchev–Trinajstić information content (AvgIpc) is 3.29. The standard InChI is InChI=1S/C21H22N6OS2/c1-13-8-9-17(14(2)10-13)23-18(28)12-29-21-26-27-19(24-25-20(27)30-21)16(22)11-15-6-4-3-5-7-15/h3-10,16H,11-12,22H2,1-2H3,(H,23,28)/t16-/m0/s1. The SMILES string of the molecule is Cc1ccc(NC(=O)CSc2nn3c([C@@H](N)Cc4ccccc4)nnc3s2)c(C)c1. The van der Waals surface area contributed by atoms with E-state index in [1.807, 2.05) is 62.4 Å². The molecule has 2 aromatic heterocycles. The second-order valence-electron chi connectivity index (χ2n) is 7.07. The van der Waals surface area contributed by atoms with Gasteiger partial charge in [-0.1, -0.05) is 71.1 Å². The second-order valence-corrected chi connectivity index (χ2v) is 9.25. The molecule has 0 spiro atoms. The first-order valence-corrected chi connectivity index (χ1v) is 11.3. The first-order chi connectivity index (χ1) is 14.5. The molecule has 0 radical (unpaired) electrons. The monoisotopic (exact) mass is 438 g/mol. The molecule has 0 aliphatic heterocycles. The third-order valence-corrected chi connectivity index (χ3v) is 6.64. The number of anilines is 1. The third-order valence-electron chi connectivity index (χ3n) is 4.61. The maximum Gasteiger partial charge on any atom is 0.235 e. The van der Waals surface area contributed by atoms with E-state index in [1.54, 1.807) is 4.52 Å². The summed E-state index contributed by atoms with van der Waals surface area (Å²) in [5.41, 5.74) is 10.5. The van der Waals surface area contributed by atoms with Crippen LogP contribution in [-0.4, -0.2) is 31.5 Å². The summed E-state index contributed by atoms with van der Waals surface area (Å²) in [5.74, 6) is 0.818. The second kappa shape index (κ2) is 8.95. The number of carbonyl (C=O) groups excluding carboxylic acids is 1. The maximum atomic E-state index is 12.3. The van der Waals surface area contributed by atoms with Crippen molar-refractivity contribution in [2.75, 3.05) is 11.1 Å². The summed E-state index contributed by atoms with van der Waals surface area (Å²) in [4.78, 5) is 13.0. The fourth-order valence-corrected chi connectivity index (χ4v) is 4.81. The number of carbonyl (C=O) groups is 1. The topological polar surface area (TPSA) is 98.2 Å². The molecule has 1 atom stereocenters. The van der Waals surface area contributed by atoms with Crippen LogP contribution in [0.1, 0.15) is 28.6 Å². The number of aromatic nitrogens is 4. The van der Waals surface area contributed by atoms with Crippen LogP contribution in [0.4, 0.5) is 5.69 Å². The van der Waals surface area contributed by atoms with Gasteiger partial charge in [0.2, 0.25) is 10.9 Å². The van der Waals surface area contributed by atoms with E-state index in [-0.39, 0.29) is 17.7 Å². The Morgan fingerprint density at radius 1 is 1.20 bits per heavy atom. The van der Waals surface area contributed by atoms with E-state index in [9.17, 15) is 4.79 Å². The molecule has 0 saturated heterocycles. The fourth-order valence-electron chi connectivity index (χ4n) is 3.13. The van der Waals surface area contributed by atoms with Gasteiger partial charge in [0, 0.05) is 5.69 Å². The number of thioether (sulfide) groups is 1. The van der Waals surface area contributed by atoms with Crippen molar-refractivity contribution in [3.63, 3.8) is 0 Å². The minimum absolute atomic E-state index is 0.0704. The number of nitrogens with zero attached hydrogens (tertiary/aromatic N) is 4. The number of nitrogens with one attached hydrogen (secondary N) is 1. The Balaban J connectivity index is 1.40. The van der Waals surface area contributed by atoms with Crippen LogP contribution in [0.5, 0.6) is 0 Å². The van der Waals surface area contributed by atoms with Crippen molar-refractivity contribution in [1.82, 2.24) is 19.8 Å². The number of hydrogen-bond donors (Lipinski definition) is 2. The summed E-state index contributed by atoms with van der Waals surface area (Å²) < 4.78 is 2.44. The summed E-state index contributed by atoms with van der Waals surface area (Å²) in [6, 6.07) is 15.7. The van der Waals surface area contributed by atoms with Gasteiger partial charge in [-0.2, -0.15) is 4.52 Å². The van der Waals surface area contributed by atoms with Crippen LogP contribution in [-0.2, 0) is 11.2 Å². The molecule has 9 heteroatoms. The Hall–Kier alpha value is -2.75. The molecule has 0 aliphatic carbocycles. The van der Waals surface area contributed by atoms with E-state index in [1.165, 1.54) is 28.7 Å². The Morgan fingerprint density at radius 3 is 2.77 bits per heavy atom. The zero-order chi connectivity index (χ0) is 21.1. The molecule has 0 fully saturated rings. The van der Waals surface area contributed by atoms with Crippen LogP contribution >= 0.6 is 23.1 Å². The van der Waals surface area contributed by atoms with E-state index in [0.29, 0.717) is 17.2 Å². The summed E-state index contributed by atoms with van der Waals surface area (Å²) in [5, 5.41) is 15.9. The molecule has 2 heterocycles. The maximum absolute atomic E-state index is 12.3. The Bertz CT molecular complexity index is 1170. The molecule has 0 aliphatic rings. The first kappa shape index (κ1) is 20.5. The average molecular weight is 439 g/mol. The quantitative estimate of drug-likeness (QED) is 0.426. The number of aryl methyl sites for hydroxylation is 2. The molecule has 0 bridgehead atoms. The minimum atomic E-state index is -0.310. The molecule has 3 N–H and O–H groups in total. The lowest BCUT2D eigenvalue weighted by molar-refractivity contribution is -0.113. The van der Waals surface area contributed by atoms with E-state index in [2.05, 4.69) is 20.6 Å². The van der Waals surface area contributed by atoms with Crippen molar-refractivity contribution in [3.8, 4) is 0 Å². The Morgan fingerprint density at radius 2 is 2.00 bits per heavy atom. The smallest absolute Gasteiger partial charge is 0.235 e. The lowest BCUT2D eigenvalue weighted by atomic mass is 10.1. The van der Waals surface area contributed by atoms with Gasteiger partial charge in [0.15, 0.2) is 10.2 Å². The molecule has 2 aromatic carbocycles. The highest BCUT2D eigenvalue weighted by Gasteiger charge is 2.19. The van der Waals surface area contributed by atoms with E-state index in [0.717, 1.165) is 21.2 Å². The normalized spacial score (nSPS) is 12.2. The number of benzene rings is 2. The van der Waals surface area contributed by atoms with E-state index in [4.69, 9.17) is 5.73 Å². The van der Waals surface area contributed by atoms with Crippen LogP contribution in [0.15, 0.2) is 52.9 Å². The highest BCUT2D eigenvalue weighted by Crippen LogP contribution is 2.26. The fraction of sp³-hybridized carbons (Fsp3) is 0.238. The molecule has 4 rings (SSSR count). The molecular formula is C21H22N6OS2. The number of amides is 1. The van der Waals surface area contributed by atoms with Crippen LogP contribution in [0.2, 0.25) is 0 Å². The number of nitrogens with two attached hydrogens (primary N) is 1. The molecule has 0 unspecified atom stereocenters. The predicted molar refractivity (Wildman–Crippen MR) is 121 cm³/mol. The molecule has 30 heavy (non-hydrogen) atoms. The summed E-state index contributed by atoms with van der Waals surface area (Å²) in [6.45, 7) is 4.01. The van der Waals surface area contributed by atoms with Gasteiger partial charge in [-0.3, -0.25) is 4.79 Å². The summed E-state index contributed by atoms with van der Waals surface area (Å²) in [6.07, 6.45) is 0.653. The van der Waals surface area contributed by atoms with Crippen LogP contribution in [0, 0.1) is 13.8 Å². The van der Waals surface area contributed by atoms with Crippen LogP contribution < -0.4 is 11.1 Å². The van der Waals surface area contributed by atoms with Crippen LogP contribution in [0.3, 0.4) is 0 Å². The van der Waals surface area contributed by atoms with Gasteiger partial charge in [-0.05, 0) is 37.5 Å². The number of fused-ring (bicyclic) bond motifs is 1. The van der Waals surface area contributed by atoms with Gasteiger partial charge < -0.3 is 11.1 Å². The van der Waals surface area contributed by atoms with E-state index < -0.39 is 0 Å². The van der Waals surface area contributed by atoms with Crippen molar-refractivity contribution in [2.45, 2.75) is 30.6 Å². The van der Waals surface area contributed by atoms with Gasteiger partial charge in [0.25, 0.3) is 0 Å². The molecular weight excluding hydrogens is 416 g/mol. The largest absolute Gasteiger partial charge is 0.325 e. The highest BCUT2D eigenvalue weighted by molar-refractivity contribution is 8.01. The first-order valence-electron chi connectivity index (χ1n) is 9.51. The minimum Gasteiger partial charge on any atom is -0.325 e. The third kappa shape index (κ3) is 4.69. The van der Waals surface area contributed by atoms with E-state index >= 15 is 0 Å². The molecule has 7 nitrogen and oxygen atoms in total. The van der Waals surface area contributed by atoms with Gasteiger partial charge in [0.05, 0.1) is 11.8 Å². The van der Waals surface area contributed by atoms with Gasteiger partial charge >= 0.3 is 0 Å². The summed E-state index contributed by atoms with van der Waals surface area (Å²) >= 11 is 2.78. The predicted octanol–water partition coefficient (Wildman–Crippen LogP) is 3.78. The van der Waals surface area contributed by atoms with Crippen molar-refractivity contribution in [1.29, 1.82) is 0 Å². The van der Waals surface area contributed by atoms with Gasteiger partial charge in [0.1, 0.15) is 0 Å². The molecule has 0 saturated carbocycles. The lowest BCUT2D eigenvalue weighted by Gasteiger charge is -2.08. The Kier molecular flexibility index (Phi) is 6.12. The zero-order valence-electron chi connectivity index (χ0n) is 16.7. The molecule has 4 aromatic rings. The van der Waals surface area contributed by atoms with Crippen molar-refractivity contribution < 1.29 is 4.79 Å². The van der Waals surface area contributed by atoms with Crippen molar-refractivity contribution in [3.05, 3.63) is 71.0 Å². The Labute approximate surface area is 182 Å². The zero-order valence-corrected chi connectivity index (χ0v) is 18.3. The van der Waals surface area contributed by atoms with Crippen molar-refractivity contribution >= 4 is 39.7 Å². The van der Waals surface area contributed by atoms with Crippen LogP contribution in [0.25, 0.3) is 4.96 Å². The van der Waals surface area contributed by atoms with Gasteiger partial charge in [-0.15, -0.1) is 15.3 Å². The molecule has 154 valence electrons. The van der Waals surface area contributed by atoms with Crippen molar-refractivity contribution in [2.24, 2.45) is 5.73 Å². The molecule has 1 amide bonds.